The fourth-order valence-electron chi connectivity index (χ4n) is 3.92. The van der Waals surface area contributed by atoms with Gasteiger partial charge >= 0.3 is 5.69 Å². The van der Waals surface area contributed by atoms with Crippen LogP contribution >= 0.6 is 0 Å². The second-order valence-electron chi connectivity index (χ2n) is 7.68. The first-order chi connectivity index (χ1) is 11.7. The zero-order valence-corrected chi connectivity index (χ0v) is 15.7. The Labute approximate surface area is 147 Å². The molecule has 0 saturated carbocycles. The average molecular weight is 345 g/mol. The van der Waals surface area contributed by atoms with Crippen LogP contribution in [0.2, 0.25) is 0 Å². The molecule has 2 aromatic heterocycles. The van der Waals surface area contributed by atoms with Gasteiger partial charge in [0.1, 0.15) is 0 Å². The molecule has 0 unspecified atom stereocenters. The highest BCUT2D eigenvalue weighted by Crippen LogP contribution is 2.28. The number of anilines is 1. The van der Waals surface area contributed by atoms with Gasteiger partial charge in [-0.05, 0) is 25.2 Å². The molecule has 0 amide bonds. The fourth-order valence-corrected chi connectivity index (χ4v) is 3.92. The fraction of sp³-hybridized carbons (Fsp3) is 0.611. The molecule has 0 radical (unpaired) electrons. The monoisotopic (exact) mass is 345 g/mol. The Morgan fingerprint density at radius 2 is 1.76 bits per heavy atom. The Bertz CT molecular complexity index is 939. The van der Waals surface area contributed by atoms with Crippen LogP contribution in [0.3, 0.4) is 0 Å². The van der Waals surface area contributed by atoms with Gasteiger partial charge < -0.3 is 9.47 Å². The summed E-state index contributed by atoms with van der Waals surface area (Å²) in [7, 11) is 3.17. The highest BCUT2D eigenvalue weighted by Gasteiger charge is 2.28. The average Bonchev–Trinajstić information content (AvgIpc) is 2.88. The first-order valence-electron chi connectivity index (χ1n) is 8.76. The van der Waals surface area contributed by atoms with E-state index in [0.29, 0.717) is 29.5 Å². The van der Waals surface area contributed by atoms with Crippen molar-refractivity contribution in [1.29, 1.82) is 0 Å². The molecule has 3 rings (SSSR count). The predicted molar refractivity (Wildman–Crippen MR) is 100 cm³/mol. The molecule has 0 spiro atoms. The summed E-state index contributed by atoms with van der Waals surface area (Å²) in [6.45, 7) is 12.7. The molecule has 7 heteroatoms. The predicted octanol–water partition coefficient (Wildman–Crippen LogP) is 1.49. The third kappa shape index (κ3) is 2.92. The summed E-state index contributed by atoms with van der Waals surface area (Å²) in [5.74, 6) is 1.89. The van der Waals surface area contributed by atoms with Gasteiger partial charge in [0, 0.05) is 33.7 Å². The van der Waals surface area contributed by atoms with Crippen molar-refractivity contribution in [2.45, 2.75) is 33.7 Å². The molecule has 0 aliphatic carbocycles. The number of piperidine rings is 1. The molecule has 3 heterocycles. The summed E-state index contributed by atoms with van der Waals surface area (Å²) in [4.78, 5) is 32.0. The van der Waals surface area contributed by atoms with E-state index in [9.17, 15) is 9.59 Å². The van der Waals surface area contributed by atoms with Crippen LogP contribution in [0.5, 0.6) is 0 Å². The lowest BCUT2D eigenvalue weighted by Crippen LogP contribution is -2.40. The summed E-state index contributed by atoms with van der Waals surface area (Å²) in [5, 5.41) is 0. The molecule has 2 aromatic rings. The van der Waals surface area contributed by atoms with Crippen LogP contribution < -0.4 is 16.1 Å². The van der Waals surface area contributed by atoms with Crippen molar-refractivity contribution < 1.29 is 0 Å². The van der Waals surface area contributed by atoms with Gasteiger partial charge in [-0.2, -0.15) is 4.98 Å². The van der Waals surface area contributed by atoms with E-state index in [1.165, 1.54) is 18.0 Å². The smallest absolute Gasteiger partial charge is 0.332 e. The van der Waals surface area contributed by atoms with E-state index in [2.05, 4.69) is 25.3 Å². The minimum absolute atomic E-state index is 0.309. The van der Waals surface area contributed by atoms with Crippen molar-refractivity contribution in [1.82, 2.24) is 18.7 Å². The van der Waals surface area contributed by atoms with Crippen molar-refractivity contribution in [2.75, 3.05) is 18.0 Å². The van der Waals surface area contributed by atoms with E-state index < -0.39 is 0 Å². The highest BCUT2D eigenvalue weighted by atomic mass is 16.2. The quantitative estimate of drug-likeness (QED) is 0.791. The Balaban J connectivity index is 2.30. The number of allylic oxidation sites excluding steroid dienone is 1. The van der Waals surface area contributed by atoms with Crippen LogP contribution in [-0.4, -0.2) is 31.8 Å². The normalized spacial score (nSPS) is 21.1. The minimum Gasteiger partial charge on any atom is -0.342 e. The van der Waals surface area contributed by atoms with E-state index in [1.807, 2.05) is 11.5 Å². The van der Waals surface area contributed by atoms with Gasteiger partial charge in [-0.15, -0.1) is 0 Å². The van der Waals surface area contributed by atoms with Crippen molar-refractivity contribution in [2.24, 2.45) is 25.9 Å². The molecule has 136 valence electrons. The maximum Gasteiger partial charge on any atom is 0.332 e. The summed E-state index contributed by atoms with van der Waals surface area (Å²) in [6, 6.07) is 0. The zero-order valence-electron chi connectivity index (χ0n) is 15.7. The van der Waals surface area contributed by atoms with E-state index in [0.717, 1.165) is 29.2 Å². The molecule has 1 aliphatic rings. The molecule has 0 N–H and O–H groups in total. The van der Waals surface area contributed by atoms with Gasteiger partial charge in [0.05, 0.1) is 0 Å². The molecular formula is C18H27N5O2. The van der Waals surface area contributed by atoms with Gasteiger partial charge in [-0.25, -0.2) is 4.79 Å². The van der Waals surface area contributed by atoms with Gasteiger partial charge in [0.15, 0.2) is 11.2 Å². The molecule has 7 nitrogen and oxygen atoms in total. The number of nitrogens with zero attached hydrogens (tertiary/aromatic N) is 5. The first-order valence-corrected chi connectivity index (χ1v) is 8.76. The van der Waals surface area contributed by atoms with Crippen LogP contribution in [0.25, 0.3) is 11.2 Å². The molecule has 1 saturated heterocycles. The van der Waals surface area contributed by atoms with Crippen molar-refractivity contribution in [3.63, 3.8) is 0 Å². The Hall–Kier alpha value is -2.31. The lowest BCUT2D eigenvalue weighted by atomic mass is 9.92. The molecular weight excluding hydrogens is 318 g/mol. The summed E-state index contributed by atoms with van der Waals surface area (Å²) >= 11 is 0. The van der Waals surface area contributed by atoms with Crippen LogP contribution in [0.15, 0.2) is 21.7 Å². The van der Waals surface area contributed by atoms with Crippen molar-refractivity contribution in [3.8, 4) is 0 Å². The van der Waals surface area contributed by atoms with Gasteiger partial charge in [-0.3, -0.25) is 13.9 Å². The van der Waals surface area contributed by atoms with Crippen LogP contribution in [0, 0.1) is 11.8 Å². The molecule has 1 fully saturated rings. The number of aryl methyl sites for hydroxylation is 1. The van der Waals surface area contributed by atoms with Gasteiger partial charge in [0.2, 0.25) is 5.95 Å². The van der Waals surface area contributed by atoms with Crippen LogP contribution in [0.4, 0.5) is 5.95 Å². The molecule has 1 aliphatic heterocycles. The molecule has 25 heavy (non-hydrogen) atoms. The standard InChI is InChI=1S/C18H27N5O2/c1-11(2)8-23-14-15(20(5)18(25)21(6)16(14)24)19-17(23)22-9-12(3)7-13(4)10-22/h12-13H,1,7-10H2,2-6H3/t12-,13-/m0/s1. The summed E-state index contributed by atoms with van der Waals surface area (Å²) < 4.78 is 4.51. The molecule has 0 aromatic carbocycles. The van der Waals surface area contributed by atoms with E-state index in [-0.39, 0.29) is 11.2 Å². The number of hydrogen-bond donors (Lipinski definition) is 0. The topological polar surface area (TPSA) is 65.1 Å². The number of imidazole rings is 1. The Kier molecular flexibility index (Phi) is 4.34. The van der Waals surface area contributed by atoms with E-state index in [1.54, 1.807) is 7.05 Å². The zero-order chi connectivity index (χ0) is 18.5. The summed E-state index contributed by atoms with van der Waals surface area (Å²) in [6.07, 6.45) is 1.19. The first kappa shape index (κ1) is 17.5. The second-order valence-corrected chi connectivity index (χ2v) is 7.68. The molecule has 0 bridgehead atoms. The number of aromatic nitrogens is 4. The van der Waals surface area contributed by atoms with Gasteiger partial charge in [0.25, 0.3) is 5.56 Å². The SMILES string of the molecule is C=C(C)Cn1c(N2C[C@@H](C)C[C@H](C)C2)nc2c1c(=O)n(C)c(=O)n2C. The largest absolute Gasteiger partial charge is 0.342 e. The van der Waals surface area contributed by atoms with Crippen molar-refractivity contribution >= 4 is 17.1 Å². The number of rotatable bonds is 3. The Morgan fingerprint density at radius 1 is 1.16 bits per heavy atom. The van der Waals surface area contributed by atoms with Crippen LogP contribution in [-0.2, 0) is 20.6 Å². The lowest BCUT2D eigenvalue weighted by Gasteiger charge is -2.35. The third-order valence-electron chi connectivity index (χ3n) is 4.91. The van der Waals surface area contributed by atoms with Gasteiger partial charge in [-0.1, -0.05) is 26.0 Å². The van der Waals surface area contributed by atoms with Crippen molar-refractivity contribution in [3.05, 3.63) is 33.0 Å². The second kappa shape index (κ2) is 6.20. The maximum absolute atomic E-state index is 12.8. The highest BCUT2D eigenvalue weighted by molar-refractivity contribution is 5.74. The maximum atomic E-state index is 12.8. The summed E-state index contributed by atoms with van der Waals surface area (Å²) in [5.41, 5.74) is 1.18. The molecule has 2 atom stereocenters. The minimum atomic E-state index is -0.357. The lowest BCUT2D eigenvalue weighted by molar-refractivity contribution is 0.352. The number of hydrogen-bond acceptors (Lipinski definition) is 4. The van der Waals surface area contributed by atoms with Crippen LogP contribution in [0.1, 0.15) is 27.2 Å². The Morgan fingerprint density at radius 3 is 2.32 bits per heavy atom. The third-order valence-corrected chi connectivity index (χ3v) is 4.91. The van der Waals surface area contributed by atoms with E-state index in [4.69, 9.17) is 4.98 Å². The number of fused-ring (bicyclic) bond motifs is 1. The van der Waals surface area contributed by atoms with E-state index >= 15 is 0 Å².